The molecular formula is C15H17N. The Hall–Kier alpha value is -1.34. The summed E-state index contributed by atoms with van der Waals surface area (Å²) < 4.78 is 0. The molecule has 1 unspecified atom stereocenters. The highest BCUT2D eigenvalue weighted by Crippen LogP contribution is 2.39. The van der Waals surface area contributed by atoms with E-state index in [1.54, 1.807) is 0 Å². The minimum Gasteiger partial charge on any atom is -0.324 e. The average molecular weight is 211 g/mol. The van der Waals surface area contributed by atoms with Crippen molar-refractivity contribution in [2.24, 2.45) is 5.73 Å². The van der Waals surface area contributed by atoms with Gasteiger partial charge in [-0.1, -0.05) is 43.3 Å². The van der Waals surface area contributed by atoms with E-state index in [-0.39, 0.29) is 6.04 Å². The van der Waals surface area contributed by atoms with Crippen molar-refractivity contribution in [3.05, 3.63) is 47.5 Å². The van der Waals surface area contributed by atoms with Gasteiger partial charge in [-0.25, -0.2) is 0 Å². The van der Waals surface area contributed by atoms with Crippen LogP contribution >= 0.6 is 0 Å². The van der Waals surface area contributed by atoms with Gasteiger partial charge >= 0.3 is 0 Å². The van der Waals surface area contributed by atoms with Crippen LogP contribution in [0.25, 0.3) is 10.8 Å². The Labute approximate surface area is 96.3 Å². The standard InChI is InChI=1S/C15H17N/c1-10-6-9-14(16)13-8-7-11-4-2-3-5-12(11)15(10)13/h2-5,7-8,10,14H,6,9,16H2,1H3/t10?,14-/m1/s1. The lowest BCUT2D eigenvalue weighted by molar-refractivity contribution is 0.517. The summed E-state index contributed by atoms with van der Waals surface area (Å²) in [6.45, 7) is 2.32. The predicted molar refractivity (Wildman–Crippen MR) is 68.5 cm³/mol. The third-order valence-corrected chi connectivity index (χ3v) is 3.81. The monoisotopic (exact) mass is 211 g/mol. The Balaban J connectivity index is 2.35. The van der Waals surface area contributed by atoms with E-state index in [9.17, 15) is 0 Å². The molecule has 3 rings (SSSR count). The zero-order valence-electron chi connectivity index (χ0n) is 9.61. The molecule has 2 aromatic carbocycles. The quantitative estimate of drug-likeness (QED) is 0.706. The third kappa shape index (κ3) is 1.35. The molecule has 2 atom stereocenters. The molecule has 0 aromatic heterocycles. The first-order valence-corrected chi connectivity index (χ1v) is 6.04. The van der Waals surface area contributed by atoms with Crippen LogP contribution in [0.15, 0.2) is 36.4 Å². The fraction of sp³-hybridized carbons (Fsp3) is 0.333. The molecule has 2 aromatic rings. The first kappa shape index (κ1) is 9.86. The SMILES string of the molecule is CC1CC[C@@H](N)c2ccc3ccccc3c21. The second-order valence-electron chi connectivity index (χ2n) is 4.87. The topological polar surface area (TPSA) is 26.0 Å². The van der Waals surface area contributed by atoms with E-state index in [4.69, 9.17) is 5.73 Å². The lowest BCUT2D eigenvalue weighted by atomic mass is 9.79. The Morgan fingerprint density at radius 2 is 1.88 bits per heavy atom. The minimum atomic E-state index is 0.232. The molecule has 0 fully saturated rings. The van der Waals surface area contributed by atoms with E-state index in [0.717, 1.165) is 6.42 Å². The largest absolute Gasteiger partial charge is 0.324 e. The molecule has 1 heteroatoms. The van der Waals surface area contributed by atoms with Crippen LogP contribution < -0.4 is 5.73 Å². The van der Waals surface area contributed by atoms with Crippen LogP contribution in [0, 0.1) is 0 Å². The van der Waals surface area contributed by atoms with Crippen LogP contribution in [0.4, 0.5) is 0 Å². The van der Waals surface area contributed by atoms with Crippen molar-refractivity contribution in [1.82, 2.24) is 0 Å². The first-order valence-electron chi connectivity index (χ1n) is 6.04. The van der Waals surface area contributed by atoms with Crippen molar-refractivity contribution in [3.8, 4) is 0 Å². The smallest absolute Gasteiger partial charge is 0.0298 e. The van der Waals surface area contributed by atoms with E-state index in [0.29, 0.717) is 5.92 Å². The summed E-state index contributed by atoms with van der Waals surface area (Å²) in [4.78, 5) is 0. The number of hydrogen-bond donors (Lipinski definition) is 1. The Morgan fingerprint density at radius 3 is 2.75 bits per heavy atom. The summed E-state index contributed by atoms with van der Waals surface area (Å²) in [5.41, 5.74) is 9.04. The zero-order valence-corrected chi connectivity index (χ0v) is 9.61. The van der Waals surface area contributed by atoms with Crippen LogP contribution in [0.5, 0.6) is 0 Å². The number of fused-ring (bicyclic) bond motifs is 3. The van der Waals surface area contributed by atoms with E-state index in [1.807, 2.05) is 0 Å². The molecule has 1 nitrogen and oxygen atoms in total. The van der Waals surface area contributed by atoms with Crippen LogP contribution in [-0.2, 0) is 0 Å². The van der Waals surface area contributed by atoms with Crippen molar-refractivity contribution in [2.45, 2.75) is 31.7 Å². The summed E-state index contributed by atoms with van der Waals surface area (Å²) in [5, 5.41) is 2.73. The van der Waals surface area contributed by atoms with Gasteiger partial charge in [-0.3, -0.25) is 0 Å². The van der Waals surface area contributed by atoms with Gasteiger partial charge < -0.3 is 5.73 Å². The molecule has 0 bridgehead atoms. The van der Waals surface area contributed by atoms with Crippen LogP contribution in [-0.4, -0.2) is 0 Å². The highest BCUT2D eigenvalue weighted by Gasteiger charge is 2.23. The summed E-state index contributed by atoms with van der Waals surface area (Å²) >= 11 is 0. The normalized spacial score (nSPS) is 24.4. The van der Waals surface area contributed by atoms with Gasteiger partial charge in [-0.15, -0.1) is 0 Å². The molecule has 0 radical (unpaired) electrons. The fourth-order valence-electron chi connectivity index (χ4n) is 2.92. The van der Waals surface area contributed by atoms with Gasteiger partial charge in [-0.2, -0.15) is 0 Å². The molecule has 1 aliphatic rings. The van der Waals surface area contributed by atoms with Crippen LogP contribution in [0.1, 0.15) is 42.9 Å². The maximum Gasteiger partial charge on any atom is 0.0298 e. The van der Waals surface area contributed by atoms with Crippen LogP contribution in [0.3, 0.4) is 0 Å². The summed E-state index contributed by atoms with van der Waals surface area (Å²) in [5.74, 6) is 0.640. The molecule has 0 aliphatic heterocycles. The molecular weight excluding hydrogens is 194 g/mol. The van der Waals surface area contributed by atoms with Gasteiger partial charge in [0.1, 0.15) is 0 Å². The number of rotatable bonds is 0. The summed E-state index contributed by atoms with van der Waals surface area (Å²) in [6.07, 6.45) is 2.33. The number of benzene rings is 2. The van der Waals surface area contributed by atoms with Crippen molar-refractivity contribution in [1.29, 1.82) is 0 Å². The third-order valence-electron chi connectivity index (χ3n) is 3.81. The first-order chi connectivity index (χ1) is 7.77. The maximum atomic E-state index is 6.20. The molecule has 0 saturated carbocycles. The zero-order chi connectivity index (χ0) is 11.1. The number of nitrogens with two attached hydrogens (primary N) is 1. The van der Waals surface area contributed by atoms with Gasteiger partial charge in [0.15, 0.2) is 0 Å². The molecule has 0 heterocycles. The van der Waals surface area contributed by atoms with E-state index in [1.165, 1.54) is 28.3 Å². The van der Waals surface area contributed by atoms with E-state index in [2.05, 4.69) is 43.3 Å². The highest BCUT2D eigenvalue weighted by atomic mass is 14.6. The minimum absolute atomic E-state index is 0.232. The summed E-state index contributed by atoms with van der Waals surface area (Å²) in [7, 11) is 0. The van der Waals surface area contributed by atoms with Crippen molar-refractivity contribution < 1.29 is 0 Å². The van der Waals surface area contributed by atoms with Gasteiger partial charge in [0.05, 0.1) is 0 Å². The summed E-state index contributed by atoms with van der Waals surface area (Å²) in [6, 6.07) is 13.3. The van der Waals surface area contributed by atoms with E-state index < -0.39 is 0 Å². The highest BCUT2D eigenvalue weighted by molar-refractivity contribution is 5.87. The lowest BCUT2D eigenvalue weighted by Gasteiger charge is -2.28. The second kappa shape index (κ2) is 3.60. The molecule has 0 spiro atoms. The average Bonchev–Trinajstić information content (AvgIpc) is 2.33. The Morgan fingerprint density at radius 1 is 1.06 bits per heavy atom. The fourth-order valence-corrected chi connectivity index (χ4v) is 2.92. The van der Waals surface area contributed by atoms with Gasteiger partial charge in [-0.05, 0) is 40.7 Å². The molecule has 82 valence electrons. The number of hydrogen-bond acceptors (Lipinski definition) is 1. The van der Waals surface area contributed by atoms with Gasteiger partial charge in [0.2, 0.25) is 0 Å². The molecule has 0 saturated heterocycles. The second-order valence-corrected chi connectivity index (χ2v) is 4.87. The molecule has 0 amide bonds. The Bertz CT molecular complexity index is 530. The van der Waals surface area contributed by atoms with Crippen molar-refractivity contribution in [2.75, 3.05) is 0 Å². The predicted octanol–water partition coefficient (Wildman–Crippen LogP) is 3.74. The van der Waals surface area contributed by atoms with Crippen molar-refractivity contribution >= 4 is 10.8 Å². The Kier molecular flexibility index (Phi) is 2.22. The molecule has 1 aliphatic carbocycles. The van der Waals surface area contributed by atoms with Gasteiger partial charge in [0, 0.05) is 6.04 Å². The molecule has 2 N–H and O–H groups in total. The maximum absolute atomic E-state index is 6.20. The molecule has 16 heavy (non-hydrogen) atoms. The van der Waals surface area contributed by atoms with Gasteiger partial charge in [0.25, 0.3) is 0 Å². The van der Waals surface area contributed by atoms with E-state index >= 15 is 0 Å². The van der Waals surface area contributed by atoms with Crippen molar-refractivity contribution in [3.63, 3.8) is 0 Å². The lowest BCUT2D eigenvalue weighted by Crippen LogP contribution is -2.19. The van der Waals surface area contributed by atoms with Crippen LogP contribution in [0.2, 0.25) is 0 Å².